The molecule has 0 radical (unpaired) electrons. The van der Waals surface area contributed by atoms with Gasteiger partial charge in [0.1, 0.15) is 0 Å². The quantitative estimate of drug-likeness (QED) is 0.762. The molecule has 0 bridgehead atoms. The van der Waals surface area contributed by atoms with Crippen LogP contribution in [0.1, 0.15) is 34.2 Å². The van der Waals surface area contributed by atoms with Gasteiger partial charge in [0.2, 0.25) is 5.78 Å². The molecule has 0 aliphatic carbocycles. The summed E-state index contributed by atoms with van der Waals surface area (Å²) < 4.78 is 1.87. The molecule has 0 unspecified atom stereocenters. The number of aromatic nitrogens is 2. The molecule has 0 spiro atoms. The van der Waals surface area contributed by atoms with Gasteiger partial charge < -0.3 is 4.57 Å². The predicted molar refractivity (Wildman–Crippen MR) is 65.0 cm³/mol. The van der Waals surface area contributed by atoms with E-state index in [1.54, 1.807) is 17.5 Å². The van der Waals surface area contributed by atoms with E-state index in [9.17, 15) is 4.79 Å². The molecule has 0 saturated carbocycles. The van der Waals surface area contributed by atoms with E-state index in [4.69, 9.17) is 0 Å². The smallest absolute Gasteiger partial charge is 0.238 e. The third-order valence-corrected chi connectivity index (χ3v) is 3.72. The number of thiophene rings is 1. The average Bonchev–Trinajstić information content (AvgIpc) is 2.96. The lowest BCUT2D eigenvalue weighted by Gasteiger charge is -2.01. The fraction of sp³-hybridized carbons (Fsp3) is 0.333. The lowest BCUT2D eigenvalue weighted by Crippen LogP contribution is -2.08. The minimum atomic E-state index is 0.0246. The van der Waals surface area contributed by atoms with Crippen LogP contribution >= 0.6 is 11.3 Å². The van der Waals surface area contributed by atoms with E-state index in [2.05, 4.69) is 11.9 Å². The topological polar surface area (TPSA) is 34.9 Å². The Balaban J connectivity index is 2.31. The summed E-state index contributed by atoms with van der Waals surface area (Å²) in [6.45, 7) is 4.87. The average molecular weight is 234 g/mol. The van der Waals surface area contributed by atoms with Crippen LogP contribution in [0.5, 0.6) is 0 Å². The third-order valence-electron chi connectivity index (χ3n) is 2.49. The fourth-order valence-corrected chi connectivity index (χ4v) is 2.46. The van der Waals surface area contributed by atoms with Crippen molar-refractivity contribution in [2.45, 2.75) is 26.8 Å². The Hall–Kier alpha value is -1.42. The van der Waals surface area contributed by atoms with Gasteiger partial charge >= 0.3 is 0 Å². The number of hydrogen-bond acceptors (Lipinski definition) is 3. The Morgan fingerprint density at radius 3 is 2.88 bits per heavy atom. The number of carbonyl (C=O) groups is 1. The molecule has 0 aromatic carbocycles. The third kappa shape index (κ3) is 1.93. The summed E-state index contributed by atoms with van der Waals surface area (Å²) in [5.74, 6) is 0.559. The van der Waals surface area contributed by atoms with E-state index < -0.39 is 0 Å². The van der Waals surface area contributed by atoms with Crippen molar-refractivity contribution in [3.05, 3.63) is 40.1 Å². The Labute approximate surface area is 98.8 Å². The molecule has 0 aliphatic rings. The Kier molecular flexibility index (Phi) is 3.19. The van der Waals surface area contributed by atoms with Crippen LogP contribution in [-0.2, 0) is 13.0 Å². The summed E-state index contributed by atoms with van der Waals surface area (Å²) in [7, 11) is 0. The zero-order chi connectivity index (χ0) is 11.5. The Bertz CT molecular complexity index is 499. The van der Waals surface area contributed by atoms with E-state index in [0.717, 1.165) is 17.8 Å². The zero-order valence-corrected chi connectivity index (χ0v) is 10.3. The van der Waals surface area contributed by atoms with Gasteiger partial charge in [0.05, 0.1) is 4.88 Å². The maximum Gasteiger partial charge on any atom is 0.238 e. The van der Waals surface area contributed by atoms with E-state index in [0.29, 0.717) is 5.82 Å². The van der Waals surface area contributed by atoms with Crippen molar-refractivity contribution in [1.29, 1.82) is 0 Å². The van der Waals surface area contributed by atoms with Crippen LogP contribution in [0.3, 0.4) is 0 Å². The van der Waals surface area contributed by atoms with Crippen LogP contribution in [0.4, 0.5) is 0 Å². The highest BCUT2D eigenvalue weighted by molar-refractivity contribution is 7.14. The molecule has 2 aromatic rings. The summed E-state index contributed by atoms with van der Waals surface area (Å²) in [4.78, 5) is 18.3. The molecule has 0 fully saturated rings. The normalized spacial score (nSPS) is 10.6. The monoisotopic (exact) mass is 234 g/mol. The molecule has 16 heavy (non-hydrogen) atoms. The molecule has 2 aromatic heterocycles. The van der Waals surface area contributed by atoms with Gasteiger partial charge in [-0.25, -0.2) is 4.98 Å². The first-order valence-electron chi connectivity index (χ1n) is 5.40. The molecule has 0 saturated heterocycles. The zero-order valence-electron chi connectivity index (χ0n) is 9.43. The molecule has 0 N–H and O–H groups in total. The maximum atomic E-state index is 12.1. The lowest BCUT2D eigenvalue weighted by molar-refractivity contribution is 0.102. The molecular weight excluding hydrogens is 220 g/mol. The van der Waals surface area contributed by atoms with E-state index in [-0.39, 0.29) is 5.78 Å². The van der Waals surface area contributed by atoms with E-state index in [1.165, 1.54) is 4.88 Å². The van der Waals surface area contributed by atoms with E-state index in [1.807, 2.05) is 29.8 Å². The van der Waals surface area contributed by atoms with Gasteiger partial charge in [-0.15, -0.1) is 11.3 Å². The molecular formula is C12H14N2OS. The highest BCUT2D eigenvalue weighted by Crippen LogP contribution is 2.19. The molecule has 0 amide bonds. The van der Waals surface area contributed by atoms with Gasteiger partial charge in [-0.05, 0) is 25.5 Å². The maximum absolute atomic E-state index is 12.1. The van der Waals surface area contributed by atoms with Crippen molar-refractivity contribution < 1.29 is 4.79 Å². The number of aryl methyl sites for hydroxylation is 2. The van der Waals surface area contributed by atoms with Crippen LogP contribution in [0, 0.1) is 0 Å². The van der Waals surface area contributed by atoms with Gasteiger partial charge in [-0.2, -0.15) is 0 Å². The van der Waals surface area contributed by atoms with Crippen LogP contribution < -0.4 is 0 Å². The number of hydrogen-bond donors (Lipinski definition) is 0. The molecule has 0 aliphatic heterocycles. The first kappa shape index (κ1) is 11.1. The second-order valence-electron chi connectivity index (χ2n) is 3.49. The van der Waals surface area contributed by atoms with Gasteiger partial charge in [0.25, 0.3) is 0 Å². The number of imidazole rings is 1. The van der Waals surface area contributed by atoms with Gasteiger partial charge in [0.15, 0.2) is 5.82 Å². The van der Waals surface area contributed by atoms with Crippen molar-refractivity contribution in [3.8, 4) is 0 Å². The van der Waals surface area contributed by atoms with Crippen molar-refractivity contribution in [3.63, 3.8) is 0 Å². The summed E-state index contributed by atoms with van der Waals surface area (Å²) in [5.41, 5.74) is 0. The van der Waals surface area contributed by atoms with Gasteiger partial charge in [-0.1, -0.05) is 6.92 Å². The molecule has 2 heterocycles. The molecule has 2 rings (SSSR count). The lowest BCUT2D eigenvalue weighted by atomic mass is 10.3. The number of nitrogens with zero attached hydrogens (tertiary/aromatic N) is 2. The van der Waals surface area contributed by atoms with Gasteiger partial charge in [0, 0.05) is 23.8 Å². The predicted octanol–water partition coefficient (Wildman–Crippen LogP) is 2.76. The highest BCUT2D eigenvalue weighted by Gasteiger charge is 2.16. The minimum absolute atomic E-state index is 0.0246. The van der Waals surface area contributed by atoms with E-state index >= 15 is 0 Å². The largest absolute Gasteiger partial charge is 0.328 e. The van der Waals surface area contributed by atoms with Crippen LogP contribution in [0.25, 0.3) is 0 Å². The number of rotatable bonds is 4. The van der Waals surface area contributed by atoms with Gasteiger partial charge in [-0.3, -0.25) is 4.79 Å². The standard InChI is InChI=1S/C12H14N2OS/c1-3-9-5-6-10(16-9)11(15)12-13-7-8-14(12)4-2/h5-8H,3-4H2,1-2H3. The summed E-state index contributed by atoms with van der Waals surface area (Å²) in [6, 6.07) is 3.90. The minimum Gasteiger partial charge on any atom is -0.328 e. The fourth-order valence-electron chi connectivity index (χ4n) is 1.57. The second kappa shape index (κ2) is 4.61. The van der Waals surface area contributed by atoms with Crippen molar-refractivity contribution in [2.75, 3.05) is 0 Å². The summed E-state index contributed by atoms with van der Waals surface area (Å²) in [5, 5.41) is 0. The summed E-state index contributed by atoms with van der Waals surface area (Å²) >= 11 is 1.56. The number of carbonyl (C=O) groups excluding carboxylic acids is 1. The Morgan fingerprint density at radius 1 is 1.44 bits per heavy atom. The summed E-state index contributed by atoms with van der Waals surface area (Å²) in [6.07, 6.45) is 4.48. The van der Waals surface area contributed by atoms with Crippen LogP contribution in [0.2, 0.25) is 0 Å². The number of ketones is 1. The van der Waals surface area contributed by atoms with Crippen molar-refractivity contribution >= 4 is 17.1 Å². The molecule has 4 heteroatoms. The molecule has 3 nitrogen and oxygen atoms in total. The van der Waals surface area contributed by atoms with Crippen LogP contribution in [-0.4, -0.2) is 15.3 Å². The molecule has 84 valence electrons. The SMILES string of the molecule is CCc1ccc(C(=O)c2nccn2CC)s1. The first-order chi connectivity index (χ1) is 7.76. The van der Waals surface area contributed by atoms with Crippen LogP contribution in [0.15, 0.2) is 24.5 Å². The molecule has 0 atom stereocenters. The second-order valence-corrected chi connectivity index (χ2v) is 4.65. The van der Waals surface area contributed by atoms with Crippen molar-refractivity contribution in [2.24, 2.45) is 0 Å². The Morgan fingerprint density at radius 2 is 2.25 bits per heavy atom. The highest BCUT2D eigenvalue weighted by atomic mass is 32.1. The van der Waals surface area contributed by atoms with Crippen molar-refractivity contribution in [1.82, 2.24) is 9.55 Å². The first-order valence-corrected chi connectivity index (χ1v) is 6.22.